The molecule has 1 heterocycles. The maximum Gasteiger partial charge on any atom is 0.262 e. The van der Waals surface area contributed by atoms with Crippen LogP contribution < -0.4 is 10.0 Å². The zero-order chi connectivity index (χ0) is 22.6. The van der Waals surface area contributed by atoms with Crippen molar-refractivity contribution in [1.29, 1.82) is 0 Å². The molecule has 1 fully saturated rings. The Morgan fingerprint density at radius 2 is 1.90 bits per heavy atom. The number of aryl methyl sites for hydroxylation is 2. The summed E-state index contributed by atoms with van der Waals surface area (Å²) in [5, 5.41) is 2.86. The Morgan fingerprint density at radius 1 is 1.13 bits per heavy atom. The van der Waals surface area contributed by atoms with Crippen LogP contribution in [0.15, 0.2) is 47.4 Å². The van der Waals surface area contributed by atoms with Gasteiger partial charge in [-0.15, -0.1) is 0 Å². The molecule has 2 N–H and O–H groups in total. The summed E-state index contributed by atoms with van der Waals surface area (Å²) >= 11 is 0. The van der Waals surface area contributed by atoms with Crippen LogP contribution in [0.5, 0.6) is 0 Å². The van der Waals surface area contributed by atoms with E-state index in [0.29, 0.717) is 36.3 Å². The van der Waals surface area contributed by atoms with Crippen LogP contribution in [0, 0.1) is 13.8 Å². The van der Waals surface area contributed by atoms with Crippen molar-refractivity contribution in [1.82, 2.24) is 10.2 Å². The lowest BCUT2D eigenvalue weighted by Crippen LogP contribution is -2.46. The van der Waals surface area contributed by atoms with Crippen molar-refractivity contribution in [3.8, 4) is 0 Å². The molecule has 1 aliphatic rings. The molecule has 0 aromatic heterocycles. The van der Waals surface area contributed by atoms with Crippen molar-refractivity contribution < 1.29 is 18.0 Å². The van der Waals surface area contributed by atoms with Gasteiger partial charge in [0.1, 0.15) is 6.04 Å². The molecule has 0 aliphatic carbocycles. The number of hydrogen-bond donors (Lipinski definition) is 2. The molecular formula is C23H29N3O4S. The van der Waals surface area contributed by atoms with E-state index >= 15 is 0 Å². The standard InChI is InChI=1S/C23H29N3O4S/c1-4-12-24-22(27)20-9-6-13-26(20)23(28)18-7-5-8-19(15-18)25-31(29,30)21-11-10-16(2)14-17(21)3/h5,7-8,10-11,14-15,20,25H,4,6,9,12-13H2,1-3H3,(H,24,27). The molecule has 3 rings (SSSR count). The van der Waals surface area contributed by atoms with Gasteiger partial charge in [0.15, 0.2) is 0 Å². The van der Waals surface area contributed by atoms with Crippen molar-refractivity contribution in [3.05, 3.63) is 59.2 Å². The fourth-order valence-electron chi connectivity index (χ4n) is 3.84. The Kier molecular flexibility index (Phi) is 7.00. The number of carbonyl (C=O) groups is 2. The van der Waals surface area contributed by atoms with Gasteiger partial charge in [-0.25, -0.2) is 8.42 Å². The van der Waals surface area contributed by atoms with Crippen molar-refractivity contribution in [2.45, 2.75) is 51.0 Å². The van der Waals surface area contributed by atoms with Gasteiger partial charge in [-0.05, 0) is 62.9 Å². The van der Waals surface area contributed by atoms with Crippen LogP contribution in [0.4, 0.5) is 5.69 Å². The van der Waals surface area contributed by atoms with Crippen LogP contribution in [0.3, 0.4) is 0 Å². The minimum atomic E-state index is -3.80. The number of carbonyl (C=O) groups excluding carboxylic acids is 2. The molecule has 0 radical (unpaired) electrons. The third-order valence-corrected chi connectivity index (χ3v) is 6.89. The minimum absolute atomic E-state index is 0.139. The van der Waals surface area contributed by atoms with Gasteiger partial charge in [-0.3, -0.25) is 14.3 Å². The Labute approximate surface area is 183 Å². The normalized spacial score (nSPS) is 16.2. The maximum atomic E-state index is 13.1. The summed E-state index contributed by atoms with van der Waals surface area (Å²) in [5.41, 5.74) is 2.28. The molecule has 0 bridgehead atoms. The highest BCUT2D eigenvalue weighted by atomic mass is 32.2. The molecule has 0 spiro atoms. The number of hydrogen-bond acceptors (Lipinski definition) is 4. The number of nitrogens with one attached hydrogen (secondary N) is 2. The van der Waals surface area contributed by atoms with Crippen LogP contribution in [0.25, 0.3) is 0 Å². The topological polar surface area (TPSA) is 95.6 Å². The fourth-order valence-corrected chi connectivity index (χ4v) is 5.12. The molecule has 8 heteroatoms. The Balaban J connectivity index is 1.79. The van der Waals surface area contributed by atoms with E-state index in [1.807, 2.05) is 19.9 Å². The van der Waals surface area contributed by atoms with Crippen molar-refractivity contribution in [2.24, 2.45) is 0 Å². The van der Waals surface area contributed by atoms with E-state index in [2.05, 4.69) is 10.0 Å². The highest BCUT2D eigenvalue weighted by molar-refractivity contribution is 7.92. The Hall–Kier alpha value is -2.87. The van der Waals surface area contributed by atoms with Gasteiger partial charge < -0.3 is 10.2 Å². The largest absolute Gasteiger partial charge is 0.354 e. The second-order valence-corrected chi connectivity index (χ2v) is 9.55. The quantitative estimate of drug-likeness (QED) is 0.687. The van der Waals surface area contributed by atoms with Crippen LogP contribution >= 0.6 is 0 Å². The van der Waals surface area contributed by atoms with Gasteiger partial charge in [0.2, 0.25) is 5.91 Å². The third-order valence-electron chi connectivity index (χ3n) is 5.35. The van der Waals surface area contributed by atoms with E-state index in [1.165, 1.54) is 6.07 Å². The predicted molar refractivity (Wildman–Crippen MR) is 121 cm³/mol. The van der Waals surface area contributed by atoms with E-state index in [1.54, 1.807) is 42.2 Å². The highest BCUT2D eigenvalue weighted by Gasteiger charge is 2.34. The molecule has 7 nitrogen and oxygen atoms in total. The minimum Gasteiger partial charge on any atom is -0.354 e. The fraction of sp³-hybridized carbons (Fsp3) is 0.391. The average molecular weight is 444 g/mol. The van der Waals surface area contributed by atoms with Gasteiger partial charge in [0.25, 0.3) is 15.9 Å². The summed E-state index contributed by atoms with van der Waals surface area (Å²) in [6, 6.07) is 11.0. The van der Waals surface area contributed by atoms with E-state index in [4.69, 9.17) is 0 Å². The first-order valence-electron chi connectivity index (χ1n) is 10.5. The van der Waals surface area contributed by atoms with E-state index in [-0.39, 0.29) is 16.7 Å². The molecular weight excluding hydrogens is 414 g/mol. The molecule has 31 heavy (non-hydrogen) atoms. The molecule has 2 aromatic rings. The van der Waals surface area contributed by atoms with Crippen molar-refractivity contribution >= 4 is 27.5 Å². The number of amides is 2. The SMILES string of the molecule is CCCNC(=O)C1CCCN1C(=O)c1cccc(NS(=O)(=O)c2ccc(C)cc2C)c1. The van der Waals surface area contributed by atoms with Crippen LogP contribution in [-0.4, -0.2) is 44.3 Å². The summed E-state index contributed by atoms with van der Waals surface area (Å²) in [6.45, 7) is 6.70. The number of anilines is 1. The summed E-state index contributed by atoms with van der Waals surface area (Å²) < 4.78 is 28.3. The zero-order valence-corrected chi connectivity index (χ0v) is 19.0. The molecule has 2 aromatic carbocycles. The molecule has 2 amide bonds. The lowest BCUT2D eigenvalue weighted by Gasteiger charge is -2.24. The number of benzene rings is 2. The zero-order valence-electron chi connectivity index (χ0n) is 18.1. The molecule has 0 saturated carbocycles. The Bertz CT molecular complexity index is 1080. The van der Waals surface area contributed by atoms with Gasteiger partial charge in [0, 0.05) is 24.3 Å². The van der Waals surface area contributed by atoms with E-state index < -0.39 is 16.1 Å². The first-order chi connectivity index (χ1) is 14.7. The molecule has 166 valence electrons. The average Bonchev–Trinajstić information content (AvgIpc) is 3.21. The monoisotopic (exact) mass is 443 g/mol. The third kappa shape index (κ3) is 5.25. The van der Waals surface area contributed by atoms with E-state index in [9.17, 15) is 18.0 Å². The lowest BCUT2D eigenvalue weighted by molar-refractivity contribution is -0.124. The van der Waals surface area contributed by atoms with Gasteiger partial charge >= 0.3 is 0 Å². The second-order valence-electron chi connectivity index (χ2n) is 7.90. The van der Waals surface area contributed by atoms with Gasteiger partial charge in [0.05, 0.1) is 4.90 Å². The smallest absolute Gasteiger partial charge is 0.262 e. The lowest BCUT2D eigenvalue weighted by atomic mass is 10.1. The highest BCUT2D eigenvalue weighted by Crippen LogP contribution is 2.24. The van der Waals surface area contributed by atoms with Gasteiger partial charge in [-0.1, -0.05) is 30.7 Å². The summed E-state index contributed by atoms with van der Waals surface area (Å²) in [7, 11) is -3.80. The number of sulfonamides is 1. The number of nitrogens with zero attached hydrogens (tertiary/aromatic N) is 1. The van der Waals surface area contributed by atoms with Crippen LogP contribution in [0.1, 0.15) is 47.7 Å². The number of rotatable bonds is 7. The van der Waals surface area contributed by atoms with Gasteiger partial charge in [-0.2, -0.15) is 0 Å². The molecule has 1 unspecified atom stereocenters. The molecule has 1 atom stereocenters. The summed E-state index contributed by atoms with van der Waals surface area (Å²) in [4.78, 5) is 27.3. The Morgan fingerprint density at radius 3 is 2.61 bits per heavy atom. The maximum absolute atomic E-state index is 13.1. The summed E-state index contributed by atoms with van der Waals surface area (Å²) in [5.74, 6) is -0.416. The van der Waals surface area contributed by atoms with E-state index in [0.717, 1.165) is 18.4 Å². The molecule has 1 aliphatic heterocycles. The van der Waals surface area contributed by atoms with Crippen LogP contribution in [-0.2, 0) is 14.8 Å². The molecule has 1 saturated heterocycles. The summed E-state index contributed by atoms with van der Waals surface area (Å²) in [6.07, 6.45) is 2.21. The first-order valence-corrected chi connectivity index (χ1v) is 12.0. The van der Waals surface area contributed by atoms with Crippen LogP contribution in [0.2, 0.25) is 0 Å². The second kappa shape index (κ2) is 9.51. The van der Waals surface area contributed by atoms with Crippen molar-refractivity contribution in [3.63, 3.8) is 0 Å². The van der Waals surface area contributed by atoms with Crippen molar-refractivity contribution in [2.75, 3.05) is 17.8 Å². The number of likely N-dealkylation sites (tertiary alicyclic amines) is 1. The predicted octanol–water partition coefficient (Wildman–Crippen LogP) is 3.24. The first kappa shape index (κ1) is 22.8.